The fourth-order valence-electron chi connectivity index (χ4n) is 5.93. The lowest BCUT2D eigenvalue weighted by molar-refractivity contribution is -0.121. The zero-order chi connectivity index (χ0) is 31.1. The molecule has 230 valence electrons. The van der Waals surface area contributed by atoms with E-state index in [9.17, 15) is 14.0 Å². The van der Waals surface area contributed by atoms with Crippen LogP contribution in [0.15, 0.2) is 42.7 Å². The van der Waals surface area contributed by atoms with Crippen molar-refractivity contribution in [2.75, 3.05) is 31.1 Å². The second-order valence-corrected chi connectivity index (χ2v) is 13.5. The van der Waals surface area contributed by atoms with Gasteiger partial charge >= 0.3 is 6.09 Å². The molecule has 4 heterocycles. The van der Waals surface area contributed by atoms with Crippen LogP contribution in [-0.2, 0) is 27.9 Å². The number of carbonyl (C=O) groups excluding carboxylic acids is 2. The van der Waals surface area contributed by atoms with Crippen molar-refractivity contribution in [2.24, 2.45) is 0 Å². The lowest BCUT2D eigenvalue weighted by Crippen LogP contribution is -2.62. The summed E-state index contributed by atoms with van der Waals surface area (Å²) in [7, 11) is 0. The summed E-state index contributed by atoms with van der Waals surface area (Å²) in [6.07, 6.45) is 3.78. The second-order valence-electron chi connectivity index (χ2n) is 13.5. The Kier molecular flexibility index (Phi) is 8.30. The Labute approximate surface area is 252 Å². The van der Waals surface area contributed by atoms with E-state index in [0.29, 0.717) is 32.6 Å². The number of aromatic nitrogens is 4. The molecule has 1 fully saturated rings. The Hall–Kier alpha value is -3.86. The lowest BCUT2D eigenvalue weighted by Gasteiger charge is -2.45. The van der Waals surface area contributed by atoms with Crippen LogP contribution in [0.25, 0.3) is 0 Å². The van der Waals surface area contributed by atoms with Crippen LogP contribution in [0.1, 0.15) is 64.1 Å². The van der Waals surface area contributed by atoms with Gasteiger partial charge in [-0.05, 0) is 70.4 Å². The third-order valence-electron chi connectivity index (χ3n) is 8.15. The molecule has 2 aromatic heterocycles. The molecule has 2 aliphatic rings. The molecule has 0 N–H and O–H groups in total. The zero-order valence-electron chi connectivity index (χ0n) is 26.2. The molecule has 1 aromatic carbocycles. The summed E-state index contributed by atoms with van der Waals surface area (Å²) in [6.45, 7) is 15.8. The average molecular weight is 592 g/mol. The topological polar surface area (TPSA) is 96.7 Å². The summed E-state index contributed by atoms with van der Waals surface area (Å²) in [5, 5.41) is 8.25. The van der Waals surface area contributed by atoms with Crippen molar-refractivity contribution in [1.82, 2.24) is 29.8 Å². The molecule has 1 saturated heterocycles. The lowest BCUT2D eigenvalue weighted by atomic mass is 9.91. The molecule has 0 radical (unpaired) electrons. The molecular weight excluding hydrogens is 549 g/mol. The Balaban J connectivity index is 1.37. The number of benzene rings is 1. The number of hydrogen-bond donors (Lipinski definition) is 0. The van der Waals surface area contributed by atoms with Gasteiger partial charge in [0, 0.05) is 43.3 Å². The van der Waals surface area contributed by atoms with Crippen LogP contribution in [0.2, 0.25) is 0 Å². The number of nitrogens with zero attached hydrogens (tertiary/aromatic N) is 7. The Morgan fingerprint density at radius 2 is 1.81 bits per heavy atom. The monoisotopic (exact) mass is 591 g/mol. The largest absolute Gasteiger partial charge is 0.444 e. The minimum atomic E-state index is -0.610. The van der Waals surface area contributed by atoms with Gasteiger partial charge in [0.25, 0.3) is 0 Å². The number of pyridine rings is 1. The SMILES string of the molecule is Cc1cnnn1C[C@H]1CN(C(=O)OC(C)(C)C)[C@H](C)CN1CC(=O)N1CC(C)(C)c2ncc(Cc3ccc(F)cc3)cc21. The molecule has 3 aromatic rings. The van der Waals surface area contributed by atoms with Crippen molar-refractivity contribution in [3.8, 4) is 0 Å². The quantitative estimate of drug-likeness (QED) is 0.421. The molecular formula is C32H42FN7O3. The van der Waals surface area contributed by atoms with E-state index in [0.717, 1.165) is 28.2 Å². The Morgan fingerprint density at radius 3 is 2.47 bits per heavy atom. The first-order valence-electron chi connectivity index (χ1n) is 14.8. The van der Waals surface area contributed by atoms with E-state index in [-0.39, 0.29) is 41.9 Å². The average Bonchev–Trinajstić information content (AvgIpc) is 3.44. The Bertz CT molecular complexity index is 1480. The Morgan fingerprint density at radius 1 is 1.09 bits per heavy atom. The summed E-state index contributed by atoms with van der Waals surface area (Å²) in [5.41, 5.74) is 3.63. The summed E-state index contributed by atoms with van der Waals surface area (Å²) in [5.74, 6) is -0.293. The van der Waals surface area contributed by atoms with Gasteiger partial charge in [0.15, 0.2) is 0 Å². The van der Waals surface area contributed by atoms with E-state index >= 15 is 0 Å². The number of fused-ring (bicyclic) bond motifs is 1. The standard InChI is InChI=1S/C32H42FN7O3/c1-21-14-35-36-40(21)18-26-17-38(30(42)43-31(3,4)5)22(2)16-37(26)19-28(41)39-20-32(6,7)29-27(39)13-24(15-34-29)12-23-8-10-25(33)11-9-23/h8-11,13-15,22,26H,12,16-20H2,1-7H3/t22-,26-/m1/s1. The number of hydrogen-bond acceptors (Lipinski definition) is 7. The van der Waals surface area contributed by atoms with Crippen molar-refractivity contribution in [2.45, 2.75) is 84.5 Å². The summed E-state index contributed by atoms with van der Waals surface area (Å²) < 4.78 is 21.0. The molecule has 5 rings (SSSR count). The first-order chi connectivity index (χ1) is 20.2. The van der Waals surface area contributed by atoms with Crippen LogP contribution in [0.3, 0.4) is 0 Å². The van der Waals surface area contributed by atoms with Crippen molar-refractivity contribution in [3.63, 3.8) is 0 Å². The number of amides is 2. The highest BCUT2D eigenvalue weighted by Gasteiger charge is 2.42. The third-order valence-corrected chi connectivity index (χ3v) is 8.15. The van der Waals surface area contributed by atoms with Gasteiger partial charge in [0.1, 0.15) is 11.4 Å². The maximum Gasteiger partial charge on any atom is 0.410 e. The molecule has 2 aliphatic heterocycles. The van der Waals surface area contributed by atoms with E-state index in [1.807, 2.05) is 56.5 Å². The first-order valence-corrected chi connectivity index (χ1v) is 14.8. The maximum absolute atomic E-state index is 14.1. The fraction of sp³-hybridized carbons (Fsp3) is 0.531. The highest BCUT2D eigenvalue weighted by molar-refractivity contribution is 5.97. The predicted molar refractivity (Wildman–Crippen MR) is 161 cm³/mol. The van der Waals surface area contributed by atoms with Gasteiger partial charge in [-0.1, -0.05) is 31.2 Å². The normalized spacial score (nSPS) is 20.3. The smallest absolute Gasteiger partial charge is 0.410 e. The summed E-state index contributed by atoms with van der Waals surface area (Å²) >= 11 is 0. The fourth-order valence-corrected chi connectivity index (χ4v) is 5.93. The van der Waals surface area contributed by atoms with E-state index in [1.165, 1.54) is 12.1 Å². The highest BCUT2D eigenvalue weighted by atomic mass is 19.1. The molecule has 0 aliphatic carbocycles. The number of carbonyl (C=O) groups is 2. The molecule has 43 heavy (non-hydrogen) atoms. The van der Waals surface area contributed by atoms with Gasteiger partial charge in [-0.15, -0.1) is 5.10 Å². The van der Waals surface area contributed by atoms with Gasteiger partial charge in [0.2, 0.25) is 5.91 Å². The van der Waals surface area contributed by atoms with Crippen LogP contribution in [0, 0.1) is 12.7 Å². The van der Waals surface area contributed by atoms with Gasteiger partial charge in [-0.3, -0.25) is 14.7 Å². The molecule has 11 heteroatoms. The highest BCUT2D eigenvalue weighted by Crippen LogP contribution is 2.40. The third kappa shape index (κ3) is 6.87. The molecule has 0 bridgehead atoms. The molecule has 2 amide bonds. The molecule has 10 nitrogen and oxygen atoms in total. The minimum absolute atomic E-state index is 0.0224. The molecule has 0 spiro atoms. The van der Waals surface area contributed by atoms with Crippen LogP contribution < -0.4 is 4.90 Å². The van der Waals surface area contributed by atoms with Crippen molar-refractivity contribution < 1.29 is 18.7 Å². The van der Waals surface area contributed by atoms with E-state index in [4.69, 9.17) is 9.72 Å². The van der Waals surface area contributed by atoms with Crippen molar-refractivity contribution in [3.05, 3.63) is 71.1 Å². The molecule has 0 saturated carbocycles. The number of halogens is 1. The molecule has 0 unspecified atom stereocenters. The van der Waals surface area contributed by atoms with E-state index in [2.05, 4.69) is 29.1 Å². The van der Waals surface area contributed by atoms with Gasteiger partial charge in [0.05, 0.1) is 36.4 Å². The van der Waals surface area contributed by atoms with E-state index < -0.39 is 5.60 Å². The van der Waals surface area contributed by atoms with Crippen LogP contribution in [0.4, 0.5) is 14.9 Å². The molecule has 2 atom stereocenters. The minimum Gasteiger partial charge on any atom is -0.444 e. The number of aryl methyl sites for hydroxylation is 1. The number of anilines is 1. The first kappa shape index (κ1) is 30.6. The van der Waals surface area contributed by atoms with Gasteiger partial charge in [-0.25, -0.2) is 13.9 Å². The predicted octanol–water partition coefficient (Wildman–Crippen LogP) is 4.35. The summed E-state index contributed by atoms with van der Waals surface area (Å²) in [4.78, 5) is 37.7. The van der Waals surface area contributed by atoms with E-state index in [1.54, 1.807) is 23.2 Å². The number of ether oxygens (including phenoxy) is 1. The summed E-state index contributed by atoms with van der Waals surface area (Å²) in [6, 6.07) is 8.16. The van der Waals surface area contributed by atoms with Crippen molar-refractivity contribution in [1.29, 1.82) is 0 Å². The van der Waals surface area contributed by atoms with Gasteiger partial charge in [-0.2, -0.15) is 0 Å². The van der Waals surface area contributed by atoms with Gasteiger partial charge < -0.3 is 14.5 Å². The van der Waals surface area contributed by atoms with Crippen LogP contribution >= 0.6 is 0 Å². The number of rotatable bonds is 6. The van der Waals surface area contributed by atoms with Crippen LogP contribution in [-0.4, -0.2) is 85.6 Å². The second kappa shape index (κ2) is 11.7. The number of piperazine rings is 1. The van der Waals surface area contributed by atoms with Crippen molar-refractivity contribution >= 4 is 17.7 Å². The maximum atomic E-state index is 14.1. The van der Waals surface area contributed by atoms with Crippen LogP contribution in [0.5, 0.6) is 0 Å². The zero-order valence-corrected chi connectivity index (χ0v) is 26.2.